The number of allylic oxidation sites excluding steroid dienone is 1. The number of hydrogen-bond donors (Lipinski definition) is 1. The van der Waals surface area contributed by atoms with E-state index < -0.39 is 29.3 Å². The number of rotatable bonds is 7. The lowest BCUT2D eigenvalue weighted by Crippen LogP contribution is -2.60. The van der Waals surface area contributed by atoms with E-state index in [-0.39, 0.29) is 19.0 Å². The van der Waals surface area contributed by atoms with Crippen LogP contribution < -0.4 is 5.32 Å². The Morgan fingerprint density at radius 1 is 1.08 bits per heavy atom. The van der Waals surface area contributed by atoms with Crippen LogP contribution in [-0.4, -0.2) is 36.2 Å². The Morgan fingerprint density at radius 2 is 1.81 bits per heavy atom. The van der Waals surface area contributed by atoms with E-state index in [4.69, 9.17) is 14.5 Å². The summed E-state index contributed by atoms with van der Waals surface area (Å²) in [5.74, 6) is -2.09. The molecule has 0 radical (unpaired) electrons. The monoisotopic (exact) mass is 508 g/mol. The number of aromatic nitrogens is 1. The number of ether oxygens (including phenoxy) is 2. The third-order valence-corrected chi connectivity index (χ3v) is 7.48. The van der Waals surface area contributed by atoms with E-state index in [9.17, 15) is 14.0 Å². The molecule has 8 heteroatoms. The average Bonchev–Trinajstić information content (AvgIpc) is 3.35. The van der Waals surface area contributed by atoms with E-state index in [2.05, 4.69) is 5.32 Å². The Balaban J connectivity index is 2.01. The van der Waals surface area contributed by atoms with Crippen molar-refractivity contribution >= 4 is 23.3 Å². The molecule has 0 saturated heterocycles. The smallest absolute Gasteiger partial charge is 0.336 e. The molecule has 1 aromatic heterocycles. The zero-order valence-electron chi connectivity index (χ0n) is 20.7. The standard InChI is InChI=1S/C28H29FN2O4S/c1-5-34-25(32)23-17(3)30-18(4)28(27(33)35-6-2,24(23)19-11-8-7-9-12-19)26-31-22(16-36-26)20-13-10-14-21(29)15-20/h7-16,18,24,30H,5-6H2,1-4H3. The average molecular weight is 509 g/mol. The Labute approximate surface area is 214 Å². The maximum atomic E-state index is 14.0. The summed E-state index contributed by atoms with van der Waals surface area (Å²) in [6.07, 6.45) is 0. The van der Waals surface area contributed by atoms with Gasteiger partial charge in [0.05, 0.1) is 24.5 Å². The number of carbonyl (C=O) groups excluding carboxylic acids is 2. The van der Waals surface area contributed by atoms with Gasteiger partial charge in [0.25, 0.3) is 0 Å². The predicted molar refractivity (Wildman–Crippen MR) is 137 cm³/mol. The van der Waals surface area contributed by atoms with Gasteiger partial charge in [0.15, 0.2) is 5.41 Å². The second-order valence-corrected chi connectivity index (χ2v) is 9.46. The van der Waals surface area contributed by atoms with E-state index in [0.717, 1.165) is 5.56 Å². The molecule has 4 rings (SSSR count). The van der Waals surface area contributed by atoms with Crippen LogP contribution in [0.4, 0.5) is 4.39 Å². The van der Waals surface area contributed by atoms with Crippen molar-refractivity contribution < 1.29 is 23.5 Å². The fourth-order valence-corrected chi connectivity index (χ4v) is 6.09. The van der Waals surface area contributed by atoms with E-state index in [1.807, 2.05) is 44.2 Å². The first-order valence-electron chi connectivity index (χ1n) is 11.9. The van der Waals surface area contributed by atoms with Crippen LogP contribution in [0.2, 0.25) is 0 Å². The van der Waals surface area contributed by atoms with E-state index >= 15 is 0 Å². The van der Waals surface area contributed by atoms with Crippen LogP contribution in [0, 0.1) is 5.82 Å². The van der Waals surface area contributed by atoms with Gasteiger partial charge >= 0.3 is 11.9 Å². The topological polar surface area (TPSA) is 77.5 Å². The molecule has 1 N–H and O–H groups in total. The Hall–Kier alpha value is -3.52. The highest BCUT2D eigenvalue weighted by Gasteiger charge is 2.60. The zero-order chi connectivity index (χ0) is 25.9. The molecule has 0 spiro atoms. The van der Waals surface area contributed by atoms with Crippen molar-refractivity contribution in [2.75, 3.05) is 13.2 Å². The zero-order valence-corrected chi connectivity index (χ0v) is 21.5. The molecule has 6 nitrogen and oxygen atoms in total. The lowest BCUT2D eigenvalue weighted by atomic mass is 9.62. The molecule has 0 aliphatic carbocycles. The third kappa shape index (κ3) is 4.41. The summed E-state index contributed by atoms with van der Waals surface area (Å²) < 4.78 is 25.1. The quantitative estimate of drug-likeness (QED) is 0.433. The number of hydrogen-bond acceptors (Lipinski definition) is 7. The van der Waals surface area contributed by atoms with Crippen LogP contribution in [-0.2, 0) is 24.5 Å². The maximum absolute atomic E-state index is 14.0. The van der Waals surface area contributed by atoms with Crippen LogP contribution in [0.15, 0.2) is 71.2 Å². The molecular weight excluding hydrogens is 479 g/mol. The van der Waals surface area contributed by atoms with Crippen molar-refractivity contribution in [3.05, 3.63) is 87.6 Å². The third-order valence-electron chi connectivity index (χ3n) is 6.48. The summed E-state index contributed by atoms with van der Waals surface area (Å²) in [7, 11) is 0. The molecule has 0 amide bonds. The Morgan fingerprint density at radius 3 is 2.47 bits per heavy atom. The van der Waals surface area contributed by atoms with Crippen LogP contribution in [0.3, 0.4) is 0 Å². The van der Waals surface area contributed by atoms with Crippen molar-refractivity contribution in [3.63, 3.8) is 0 Å². The van der Waals surface area contributed by atoms with Crippen LogP contribution >= 0.6 is 11.3 Å². The van der Waals surface area contributed by atoms with Gasteiger partial charge in [-0.05, 0) is 45.4 Å². The first-order valence-corrected chi connectivity index (χ1v) is 12.8. The highest BCUT2D eigenvalue weighted by atomic mass is 32.1. The minimum atomic E-state index is -1.38. The first-order chi connectivity index (χ1) is 17.3. The molecule has 3 aromatic rings. The molecule has 0 bridgehead atoms. The molecule has 188 valence electrons. The molecule has 3 unspecified atom stereocenters. The molecule has 0 saturated carbocycles. The number of nitrogens with one attached hydrogen (secondary N) is 1. The number of carbonyl (C=O) groups is 2. The van der Waals surface area contributed by atoms with Gasteiger partial charge in [-0.25, -0.2) is 14.2 Å². The van der Waals surface area contributed by atoms with Crippen molar-refractivity contribution in [3.8, 4) is 11.3 Å². The predicted octanol–water partition coefficient (Wildman–Crippen LogP) is 5.36. The summed E-state index contributed by atoms with van der Waals surface area (Å²) in [5.41, 5.74) is 1.52. The van der Waals surface area contributed by atoms with Gasteiger partial charge < -0.3 is 14.8 Å². The number of nitrogens with zero attached hydrogens (tertiary/aromatic N) is 1. The molecule has 2 aromatic carbocycles. The second kappa shape index (κ2) is 10.6. The Bertz CT molecular complexity index is 1290. The molecule has 1 aliphatic rings. The van der Waals surface area contributed by atoms with Crippen molar-refractivity contribution in [2.24, 2.45) is 0 Å². The Kier molecular flexibility index (Phi) is 7.54. The molecule has 1 aliphatic heterocycles. The largest absolute Gasteiger partial charge is 0.465 e. The van der Waals surface area contributed by atoms with Gasteiger partial charge in [-0.15, -0.1) is 11.3 Å². The summed E-state index contributed by atoms with van der Waals surface area (Å²) in [5, 5.41) is 5.62. The van der Waals surface area contributed by atoms with Gasteiger partial charge in [0, 0.05) is 28.6 Å². The molecule has 2 heterocycles. The molecule has 3 atom stereocenters. The molecule has 36 heavy (non-hydrogen) atoms. The normalized spacial score (nSPS) is 21.6. The van der Waals surface area contributed by atoms with E-state index in [1.165, 1.54) is 23.5 Å². The fraction of sp³-hybridized carbons (Fsp3) is 0.321. The second-order valence-electron chi connectivity index (χ2n) is 8.61. The first kappa shape index (κ1) is 25.6. The van der Waals surface area contributed by atoms with Gasteiger partial charge in [0.1, 0.15) is 10.8 Å². The number of benzene rings is 2. The molecular formula is C28H29FN2O4S. The minimum absolute atomic E-state index is 0.161. The summed E-state index contributed by atoms with van der Waals surface area (Å²) >= 11 is 1.29. The maximum Gasteiger partial charge on any atom is 0.336 e. The van der Waals surface area contributed by atoms with Crippen LogP contribution in [0.1, 0.15) is 44.2 Å². The van der Waals surface area contributed by atoms with Crippen molar-refractivity contribution in [1.82, 2.24) is 10.3 Å². The van der Waals surface area contributed by atoms with E-state index in [1.54, 1.807) is 31.4 Å². The molecule has 0 fully saturated rings. The van der Waals surface area contributed by atoms with Crippen LogP contribution in [0.25, 0.3) is 11.3 Å². The summed E-state index contributed by atoms with van der Waals surface area (Å²) in [6.45, 7) is 7.55. The highest BCUT2D eigenvalue weighted by molar-refractivity contribution is 7.10. The van der Waals surface area contributed by atoms with Crippen molar-refractivity contribution in [2.45, 2.75) is 45.1 Å². The fourth-order valence-electron chi connectivity index (χ4n) is 4.95. The summed E-state index contributed by atoms with van der Waals surface area (Å²) in [6, 6.07) is 15.1. The van der Waals surface area contributed by atoms with Gasteiger partial charge in [-0.3, -0.25) is 4.79 Å². The number of esters is 2. The summed E-state index contributed by atoms with van der Waals surface area (Å²) in [4.78, 5) is 32.2. The van der Waals surface area contributed by atoms with Gasteiger partial charge in [-0.1, -0.05) is 42.5 Å². The van der Waals surface area contributed by atoms with E-state index in [0.29, 0.717) is 27.5 Å². The van der Waals surface area contributed by atoms with Gasteiger partial charge in [-0.2, -0.15) is 0 Å². The lowest BCUT2D eigenvalue weighted by Gasteiger charge is -2.46. The lowest BCUT2D eigenvalue weighted by molar-refractivity contribution is -0.153. The number of thiazole rings is 1. The number of halogens is 1. The van der Waals surface area contributed by atoms with Crippen LogP contribution in [0.5, 0.6) is 0 Å². The van der Waals surface area contributed by atoms with Gasteiger partial charge in [0.2, 0.25) is 0 Å². The highest BCUT2D eigenvalue weighted by Crippen LogP contribution is 2.52. The minimum Gasteiger partial charge on any atom is -0.465 e. The SMILES string of the molecule is CCOC(=O)C1=C(C)NC(C)C(C(=O)OCC)(c2nc(-c3cccc(F)c3)cs2)C1c1ccccc1. The van der Waals surface area contributed by atoms with Crippen molar-refractivity contribution in [1.29, 1.82) is 0 Å².